The topological polar surface area (TPSA) is 35.5 Å². The molecule has 1 unspecified atom stereocenters. The number of carbonyl (C=O) groups excluding carboxylic acids is 1. The molecule has 1 aliphatic rings. The minimum absolute atomic E-state index is 0.0876. The van der Waals surface area contributed by atoms with Crippen molar-refractivity contribution in [3.8, 4) is 0 Å². The molecule has 0 spiro atoms. The summed E-state index contributed by atoms with van der Waals surface area (Å²) in [5.41, 5.74) is 0.250. The molecule has 1 aromatic carbocycles. The standard InChI is InChI=1S/C14H16F2O3/c1-3-19-8-4-5-9-10(6-8)12(15)7-11(13(9)16)14(17)18-2/h7-8H,3-6H2,1-2H3. The molecule has 0 radical (unpaired) electrons. The van der Waals surface area contributed by atoms with Crippen molar-refractivity contribution < 1.29 is 23.0 Å². The van der Waals surface area contributed by atoms with E-state index in [4.69, 9.17) is 4.74 Å². The summed E-state index contributed by atoms with van der Waals surface area (Å²) in [6.45, 7) is 2.41. The van der Waals surface area contributed by atoms with Crippen LogP contribution in [0.15, 0.2) is 6.07 Å². The Kier molecular flexibility index (Phi) is 4.14. The van der Waals surface area contributed by atoms with Crippen molar-refractivity contribution in [1.82, 2.24) is 0 Å². The van der Waals surface area contributed by atoms with Gasteiger partial charge in [-0.1, -0.05) is 0 Å². The van der Waals surface area contributed by atoms with Gasteiger partial charge < -0.3 is 9.47 Å². The van der Waals surface area contributed by atoms with Crippen LogP contribution in [0.3, 0.4) is 0 Å². The molecule has 0 heterocycles. The lowest BCUT2D eigenvalue weighted by atomic mass is 9.87. The van der Waals surface area contributed by atoms with E-state index < -0.39 is 17.6 Å². The largest absolute Gasteiger partial charge is 0.465 e. The molecular formula is C14H16F2O3. The predicted octanol–water partition coefficient (Wildman–Crippen LogP) is 2.65. The summed E-state index contributed by atoms with van der Waals surface area (Å²) in [5.74, 6) is -2.09. The fourth-order valence-electron chi connectivity index (χ4n) is 2.47. The first-order valence-corrected chi connectivity index (χ1v) is 6.28. The number of halogens is 2. The Bertz CT molecular complexity index is 500. The fraction of sp³-hybridized carbons (Fsp3) is 0.500. The molecule has 0 aliphatic heterocycles. The molecule has 104 valence electrons. The average molecular weight is 270 g/mol. The maximum atomic E-state index is 14.2. The first-order chi connectivity index (χ1) is 9.08. The van der Waals surface area contributed by atoms with E-state index in [9.17, 15) is 13.6 Å². The molecule has 19 heavy (non-hydrogen) atoms. The molecule has 0 fully saturated rings. The van der Waals surface area contributed by atoms with Gasteiger partial charge >= 0.3 is 5.97 Å². The van der Waals surface area contributed by atoms with Crippen LogP contribution in [0.1, 0.15) is 34.8 Å². The molecule has 1 atom stereocenters. The summed E-state index contributed by atoms with van der Waals surface area (Å²) < 4.78 is 38.1. The van der Waals surface area contributed by atoms with Crippen LogP contribution in [-0.2, 0) is 22.3 Å². The van der Waals surface area contributed by atoms with E-state index in [2.05, 4.69) is 4.74 Å². The highest BCUT2D eigenvalue weighted by Crippen LogP contribution is 2.30. The highest BCUT2D eigenvalue weighted by Gasteiger charge is 2.28. The van der Waals surface area contributed by atoms with E-state index in [1.807, 2.05) is 6.92 Å². The summed E-state index contributed by atoms with van der Waals surface area (Å²) in [4.78, 5) is 11.4. The molecule has 0 bridgehead atoms. The molecular weight excluding hydrogens is 254 g/mol. The van der Waals surface area contributed by atoms with Crippen molar-refractivity contribution in [1.29, 1.82) is 0 Å². The van der Waals surface area contributed by atoms with Crippen LogP contribution in [-0.4, -0.2) is 25.8 Å². The molecule has 5 heteroatoms. The van der Waals surface area contributed by atoms with Crippen LogP contribution in [0.25, 0.3) is 0 Å². The zero-order valence-electron chi connectivity index (χ0n) is 11.0. The zero-order valence-corrected chi connectivity index (χ0v) is 11.0. The van der Waals surface area contributed by atoms with Gasteiger partial charge in [-0.3, -0.25) is 0 Å². The van der Waals surface area contributed by atoms with Gasteiger partial charge in [0.2, 0.25) is 0 Å². The second-order valence-corrected chi connectivity index (χ2v) is 4.49. The van der Waals surface area contributed by atoms with E-state index in [0.29, 0.717) is 31.4 Å². The second kappa shape index (κ2) is 5.65. The molecule has 0 aromatic heterocycles. The van der Waals surface area contributed by atoms with Crippen molar-refractivity contribution in [3.05, 3.63) is 34.4 Å². The Morgan fingerprint density at radius 3 is 2.79 bits per heavy atom. The normalized spacial score (nSPS) is 18.0. The van der Waals surface area contributed by atoms with Crippen molar-refractivity contribution in [2.75, 3.05) is 13.7 Å². The third-order valence-corrected chi connectivity index (χ3v) is 3.38. The Hall–Kier alpha value is -1.49. The Morgan fingerprint density at radius 1 is 1.42 bits per heavy atom. The van der Waals surface area contributed by atoms with Crippen molar-refractivity contribution in [3.63, 3.8) is 0 Å². The first kappa shape index (κ1) is 13.9. The quantitative estimate of drug-likeness (QED) is 0.792. The third-order valence-electron chi connectivity index (χ3n) is 3.38. The molecule has 0 amide bonds. The summed E-state index contributed by atoms with van der Waals surface area (Å²) in [5, 5.41) is 0. The fourth-order valence-corrected chi connectivity index (χ4v) is 2.47. The van der Waals surface area contributed by atoms with Crippen molar-refractivity contribution >= 4 is 5.97 Å². The van der Waals surface area contributed by atoms with E-state index >= 15 is 0 Å². The smallest absolute Gasteiger partial charge is 0.340 e. The number of benzene rings is 1. The summed E-state index contributed by atoms with van der Waals surface area (Å²) >= 11 is 0. The zero-order chi connectivity index (χ0) is 14.0. The maximum absolute atomic E-state index is 14.2. The third kappa shape index (κ3) is 2.61. The number of rotatable bonds is 3. The van der Waals surface area contributed by atoms with Gasteiger partial charge in [0.1, 0.15) is 11.6 Å². The van der Waals surface area contributed by atoms with Crippen LogP contribution in [0, 0.1) is 11.6 Å². The van der Waals surface area contributed by atoms with Gasteiger partial charge in [-0.25, -0.2) is 13.6 Å². The van der Waals surface area contributed by atoms with Gasteiger partial charge in [-0.05, 0) is 37.0 Å². The van der Waals surface area contributed by atoms with E-state index in [1.54, 1.807) is 0 Å². The Morgan fingerprint density at radius 2 is 2.16 bits per heavy atom. The van der Waals surface area contributed by atoms with Crippen molar-refractivity contribution in [2.24, 2.45) is 0 Å². The summed E-state index contributed by atoms with van der Waals surface area (Å²) in [6, 6.07) is 0.911. The SMILES string of the molecule is CCOC1CCc2c(F)c(C(=O)OC)cc(F)c2C1. The van der Waals surface area contributed by atoms with E-state index in [-0.39, 0.29) is 17.2 Å². The van der Waals surface area contributed by atoms with Crippen LogP contribution >= 0.6 is 0 Å². The number of hydrogen-bond acceptors (Lipinski definition) is 3. The van der Waals surface area contributed by atoms with E-state index in [0.717, 1.165) is 13.2 Å². The number of carbonyl (C=O) groups is 1. The number of ether oxygens (including phenoxy) is 2. The summed E-state index contributed by atoms with van der Waals surface area (Å²) in [7, 11) is 1.14. The Labute approximate surface area is 110 Å². The molecule has 0 saturated carbocycles. The molecule has 1 aliphatic carbocycles. The molecule has 2 rings (SSSR count). The number of esters is 1. The lowest BCUT2D eigenvalue weighted by Crippen LogP contribution is -2.25. The van der Waals surface area contributed by atoms with E-state index in [1.165, 1.54) is 0 Å². The monoisotopic (exact) mass is 270 g/mol. The minimum atomic E-state index is -0.855. The lowest BCUT2D eigenvalue weighted by molar-refractivity contribution is 0.0520. The maximum Gasteiger partial charge on any atom is 0.340 e. The van der Waals surface area contributed by atoms with Gasteiger partial charge in [0.05, 0.1) is 18.8 Å². The van der Waals surface area contributed by atoms with Crippen LogP contribution in [0.4, 0.5) is 8.78 Å². The van der Waals surface area contributed by atoms with Crippen molar-refractivity contribution in [2.45, 2.75) is 32.3 Å². The Balaban J connectivity index is 2.40. The average Bonchev–Trinajstić information content (AvgIpc) is 2.42. The number of hydrogen-bond donors (Lipinski definition) is 0. The van der Waals surface area contributed by atoms with Gasteiger partial charge in [-0.2, -0.15) is 0 Å². The minimum Gasteiger partial charge on any atom is -0.465 e. The van der Waals surface area contributed by atoms with Gasteiger partial charge in [0, 0.05) is 13.0 Å². The first-order valence-electron chi connectivity index (χ1n) is 6.28. The molecule has 0 saturated heterocycles. The molecule has 1 aromatic rings. The van der Waals surface area contributed by atoms with Gasteiger partial charge in [-0.15, -0.1) is 0 Å². The van der Waals surface area contributed by atoms with Crippen LogP contribution in [0.2, 0.25) is 0 Å². The van der Waals surface area contributed by atoms with Gasteiger partial charge in [0.15, 0.2) is 0 Å². The predicted molar refractivity (Wildman–Crippen MR) is 65.1 cm³/mol. The summed E-state index contributed by atoms with van der Waals surface area (Å²) in [6.07, 6.45) is 1.25. The lowest BCUT2D eigenvalue weighted by Gasteiger charge is -2.25. The number of fused-ring (bicyclic) bond motifs is 1. The van der Waals surface area contributed by atoms with Gasteiger partial charge in [0.25, 0.3) is 0 Å². The van der Waals surface area contributed by atoms with Crippen LogP contribution in [0.5, 0.6) is 0 Å². The van der Waals surface area contributed by atoms with Crippen LogP contribution < -0.4 is 0 Å². The second-order valence-electron chi connectivity index (χ2n) is 4.49. The molecule has 0 N–H and O–H groups in total. The highest BCUT2D eigenvalue weighted by atomic mass is 19.1. The number of methoxy groups -OCH3 is 1. The highest BCUT2D eigenvalue weighted by molar-refractivity contribution is 5.90. The molecule has 3 nitrogen and oxygen atoms in total.